The number of anilines is 1. The van der Waals surface area contributed by atoms with Crippen molar-refractivity contribution in [2.45, 2.75) is 84.2 Å². The van der Waals surface area contributed by atoms with Gasteiger partial charge in [0.25, 0.3) is 5.91 Å². The monoisotopic (exact) mass is 626 g/mol. The van der Waals surface area contributed by atoms with Crippen LogP contribution in [0.15, 0.2) is 29.0 Å². The van der Waals surface area contributed by atoms with Crippen LogP contribution >= 0.6 is 0 Å². The third kappa shape index (κ3) is 8.47. The molecule has 0 bridgehead atoms. The lowest BCUT2D eigenvalue weighted by atomic mass is 9.79. The Hall–Kier alpha value is -3.80. The molecule has 11 nitrogen and oxygen atoms in total. The number of likely N-dealkylation sites (N-methyl/N-ethyl adjacent to an activating group) is 1. The van der Waals surface area contributed by atoms with Gasteiger partial charge in [-0.3, -0.25) is 19.2 Å². The topological polar surface area (TPSA) is 137 Å². The largest absolute Gasteiger partial charge is 0.364 e. The van der Waals surface area contributed by atoms with Crippen molar-refractivity contribution < 1.29 is 28.1 Å². The summed E-state index contributed by atoms with van der Waals surface area (Å²) in [6, 6.07) is 2.68. The average Bonchev–Trinajstić information content (AvgIpc) is 3.53. The zero-order valence-electron chi connectivity index (χ0n) is 27.0. The van der Waals surface area contributed by atoms with Gasteiger partial charge in [0, 0.05) is 38.5 Å². The van der Waals surface area contributed by atoms with E-state index in [9.17, 15) is 19.2 Å². The summed E-state index contributed by atoms with van der Waals surface area (Å²) in [5, 5.41) is 12.3. The molecule has 45 heavy (non-hydrogen) atoms. The molecule has 3 N–H and O–H groups in total. The van der Waals surface area contributed by atoms with Crippen molar-refractivity contribution in [3.8, 4) is 0 Å². The number of benzene rings is 1. The second-order valence-electron chi connectivity index (χ2n) is 12.5. The first-order chi connectivity index (χ1) is 21.5. The number of carbonyl (C=O) groups is 4. The number of nitrogens with one attached hydrogen (secondary N) is 3. The van der Waals surface area contributed by atoms with Crippen LogP contribution < -0.4 is 16.0 Å². The smallest absolute Gasteiger partial charge is 0.257 e. The summed E-state index contributed by atoms with van der Waals surface area (Å²) < 4.78 is 20.6. The van der Waals surface area contributed by atoms with Gasteiger partial charge < -0.3 is 30.3 Å². The highest BCUT2D eigenvalue weighted by Gasteiger charge is 2.35. The zero-order valence-corrected chi connectivity index (χ0v) is 27.0. The Morgan fingerprint density at radius 1 is 1.04 bits per heavy atom. The molecular weight excluding hydrogens is 579 g/mol. The van der Waals surface area contributed by atoms with Crippen molar-refractivity contribution in [1.29, 1.82) is 0 Å². The van der Waals surface area contributed by atoms with Crippen molar-refractivity contribution in [1.82, 2.24) is 25.6 Å². The number of amides is 4. The Balaban J connectivity index is 1.52. The van der Waals surface area contributed by atoms with Crippen molar-refractivity contribution in [3.63, 3.8) is 0 Å². The fourth-order valence-electron chi connectivity index (χ4n) is 6.15. The van der Waals surface area contributed by atoms with E-state index in [0.29, 0.717) is 36.7 Å². The lowest BCUT2D eigenvalue weighted by Gasteiger charge is -2.36. The summed E-state index contributed by atoms with van der Waals surface area (Å²) in [5.74, 6) is -2.20. The molecular formula is C33H47FN6O5. The maximum Gasteiger partial charge on any atom is 0.257 e. The molecule has 1 aliphatic carbocycles. The molecule has 1 aliphatic heterocycles. The number of rotatable bonds is 11. The Morgan fingerprint density at radius 2 is 1.73 bits per heavy atom. The Morgan fingerprint density at radius 3 is 2.36 bits per heavy atom. The number of carbonyl (C=O) groups excluding carboxylic acids is 4. The molecule has 2 aliphatic rings. The fraction of sp³-hybridized carbons (Fsp3) is 0.606. The molecule has 4 rings (SSSR count). The number of piperazine rings is 1. The molecule has 0 spiro atoms. The van der Waals surface area contributed by atoms with Gasteiger partial charge in [-0.05, 0) is 55.8 Å². The van der Waals surface area contributed by atoms with E-state index in [2.05, 4.69) is 32.9 Å². The fourth-order valence-corrected chi connectivity index (χ4v) is 6.15. The number of hydrogen-bond acceptors (Lipinski definition) is 7. The van der Waals surface area contributed by atoms with Gasteiger partial charge in [-0.25, -0.2) is 4.39 Å². The third-order valence-corrected chi connectivity index (χ3v) is 9.32. The maximum absolute atomic E-state index is 15.6. The van der Waals surface area contributed by atoms with Crippen molar-refractivity contribution in [2.75, 3.05) is 38.5 Å². The second-order valence-corrected chi connectivity index (χ2v) is 12.5. The average molecular weight is 627 g/mol. The summed E-state index contributed by atoms with van der Waals surface area (Å²) in [6.07, 6.45) is 5.37. The minimum absolute atomic E-state index is 0.0295. The predicted octanol–water partition coefficient (Wildman–Crippen LogP) is 3.71. The highest BCUT2D eigenvalue weighted by atomic mass is 19.1. The molecule has 1 saturated heterocycles. The van der Waals surface area contributed by atoms with Crippen LogP contribution in [0, 0.1) is 17.7 Å². The molecule has 1 aromatic heterocycles. The Bertz CT molecular complexity index is 1350. The predicted molar refractivity (Wildman–Crippen MR) is 168 cm³/mol. The standard InChI is InChI=1S/C33H47FN6O5/c1-6-26-24(19-45-38-26)31(42)37-30(22-10-8-20(3)9-11-22)32(43)35-27-13-12-23(18-25(27)34)21(4)29(36-28(41)7-2)33(44)40-16-14-39(5)15-17-40/h12-13,18-22,29-30H,6-11,14-17H2,1-5H3,(H,35,43)(H,36,41)(H,37,42)/t20-,21-,22-,29+,30-/m0/s1. The van der Waals surface area contributed by atoms with Crippen LogP contribution in [0.3, 0.4) is 0 Å². The van der Waals surface area contributed by atoms with E-state index < -0.39 is 35.6 Å². The van der Waals surface area contributed by atoms with Crippen LogP contribution in [0.25, 0.3) is 0 Å². The first-order valence-corrected chi connectivity index (χ1v) is 16.1. The van der Waals surface area contributed by atoms with Crippen LogP contribution in [-0.2, 0) is 20.8 Å². The molecule has 246 valence electrons. The molecule has 0 unspecified atom stereocenters. The van der Waals surface area contributed by atoms with Gasteiger partial charge in [0.1, 0.15) is 29.7 Å². The minimum Gasteiger partial charge on any atom is -0.364 e. The molecule has 1 aromatic carbocycles. The Labute approximate surface area is 264 Å². The first-order valence-electron chi connectivity index (χ1n) is 16.1. The molecule has 2 fully saturated rings. The number of hydrogen-bond donors (Lipinski definition) is 3. The van der Waals surface area contributed by atoms with Crippen molar-refractivity contribution >= 4 is 29.3 Å². The van der Waals surface area contributed by atoms with Gasteiger partial charge >= 0.3 is 0 Å². The van der Waals surface area contributed by atoms with E-state index in [1.165, 1.54) is 18.4 Å². The van der Waals surface area contributed by atoms with Crippen LogP contribution in [-0.4, -0.2) is 83.9 Å². The quantitative estimate of drug-likeness (QED) is 0.346. The van der Waals surface area contributed by atoms with Crippen LogP contribution in [0.2, 0.25) is 0 Å². The van der Waals surface area contributed by atoms with E-state index in [4.69, 9.17) is 4.52 Å². The molecule has 0 radical (unpaired) electrons. The summed E-state index contributed by atoms with van der Waals surface area (Å²) >= 11 is 0. The second kappa shape index (κ2) is 15.5. The van der Waals surface area contributed by atoms with Gasteiger partial charge in [-0.15, -0.1) is 0 Å². The van der Waals surface area contributed by atoms with E-state index >= 15 is 4.39 Å². The van der Waals surface area contributed by atoms with E-state index in [-0.39, 0.29) is 35.4 Å². The number of halogens is 1. The van der Waals surface area contributed by atoms with Crippen LogP contribution in [0.4, 0.5) is 10.1 Å². The Kier molecular flexibility index (Phi) is 11.7. The van der Waals surface area contributed by atoms with Crippen molar-refractivity contribution in [2.24, 2.45) is 11.8 Å². The van der Waals surface area contributed by atoms with E-state index in [0.717, 1.165) is 38.8 Å². The number of nitrogens with zero attached hydrogens (tertiary/aromatic N) is 3. The molecule has 2 heterocycles. The number of aryl methyl sites for hydroxylation is 1. The van der Waals surface area contributed by atoms with Gasteiger partial charge in [0.15, 0.2) is 0 Å². The van der Waals surface area contributed by atoms with Gasteiger partial charge in [0.05, 0.1) is 11.4 Å². The first kappa shape index (κ1) is 34.1. The summed E-state index contributed by atoms with van der Waals surface area (Å²) in [7, 11) is 1.99. The van der Waals surface area contributed by atoms with Crippen molar-refractivity contribution in [3.05, 3.63) is 47.1 Å². The lowest BCUT2D eigenvalue weighted by molar-refractivity contribution is -0.138. The molecule has 3 atom stereocenters. The third-order valence-electron chi connectivity index (χ3n) is 9.32. The highest BCUT2D eigenvalue weighted by molar-refractivity contribution is 6.01. The summed E-state index contributed by atoms with van der Waals surface area (Å²) in [4.78, 5) is 56.6. The number of aromatic nitrogens is 1. The minimum atomic E-state index is -0.877. The summed E-state index contributed by atoms with van der Waals surface area (Å²) in [5.41, 5.74) is 1.26. The normalized spacial score (nSPS) is 21.0. The SMILES string of the molecule is CCC(=O)N[C@@H](C(=O)N1CCN(C)CC1)[C@@H](C)c1ccc(NC(=O)[C@@H](NC(=O)c2conc2CC)[C@H]2CC[C@H](C)CC2)c(F)c1. The zero-order chi connectivity index (χ0) is 32.7. The van der Waals surface area contributed by atoms with Crippen LogP contribution in [0.1, 0.15) is 87.3 Å². The van der Waals surface area contributed by atoms with Gasteiger partial charge in [-0.2, -0.15) is 0 Å². The van der Waals surface area contributed by atoms with Gasteiger partial charge in [0.2, 0.25) is 17.7 Å². The lowest BCUT2D eigenvalue weighted by Crippen LogP contribution is -2.55. The van der Waals surface area contributed by atoms with Crippen LogP contribution in [0.5, 0.6) is 0 Å². The molecule has 2 aromatic rings. The molecule has 12 heteroatoms. The van der Waals surface area contributed by atoms with E-state index in [1.807, 2.05) is 14.0 Å². The highest BCUT2D eigenvalue weighted by Crippen LogP contribution is 2.32. The maximum atomic E-state index is 15.6. The molecule has 4 amide bonds. The summed E-state index contributed by atoms with van der Waals surface area (Å²) in [6.45, 7) is 10.1. The van der Waals surface area contributed by atoms with E-state index in [1.54, 1.807) is 24.8 Å². The van der Waals surface area contributed by atoms with Gasteiger partial charge in [-0.1, -0.05) is 51.8 Å². The molecule has 1 saturated carbocycles.